The Morgan fingerprint density at radius 3 is 2.60 bits per heavy atom. The van der Waals surface area contributed by atoms with Gasteiger partial charge in [-0.15, -0.1) is 0 Å². The van der Waals surface area contributed by atoms with Crippen LogP contribution in [-0.2, 0) is 6.18 Å². The van der Waals surface area contributed by atoms with Crippen molar-refractivity contribution in [2.24, 2.45) is 0 Å². The van der Waals surface area contributed by atoms with Gasteiger partial charge in [-0.05, 0) is 31.2 Å². The summed E-state index contributed by atoms with van der Waals surface area (Å²) < 4.78 is 38.6. The Balaban J connectivity index is 2.32. The van der Waals surface area contributed by atoms with Crippen molar-refractivity contribution in [2.75, 3.05) is 5.32 Å². The lowest BCUT2D eigenvalue weighted by Crippen LogP contribution is -2.17. The standard InChI is InChI=1S/C12H9ClF3N3O/c1-6-4-10(19-18-6)11(20)17-9-3-2-7(13)5-8(9)12(14,15)16/h2-5H,1H3,(H,17,20)(H,18,19). The maximum Gasteiger partial charge on any atom is 0.418 e. The predicted octanol–water partition coefficient (Wildman–Crippen LogP) is 3.64. The number of nitrogens with one attached hydrogen (secondary N) is 2. The monoisotopic (exact) mass is 303 g/mol. The minimum atomic E-state index is -4.62. The molecule has 4 nitrogen and oxygen atoms in total. The highest BCUT2D eigenvalue weighted by Crippen LogP contribution is 2.36. The van der Waals surface area contributed by atoms with Crippen molar-refractivity contribution in [3.8, 4) is 0 Å². The number of H-pyrrole nitrogens is 1. The van der Waals surface area contributed by atoms with E-state index < -0.39 is 17.6 Å². The molecule has 8 heteroatoms. The first kappa shape index (κ1) is 14.4. The van der Waals surface area contributed by atoms with Crippen LogP contribution in [0.25, 0.3) is 0 Å². The summed E-state index contributed by atoms with van der Waals surface area (Å²) in [5, 5.41) is 8.32. The van der Waals surface area contributed by atoms with E-state index in [0.29, 0.717) is 5.69 Å². The van der Waals surface area contributed by atoms with E-state index in [4.69, 9.17) is 11.6 Å². The zero-order valence-electron chi connectivity index (χ0n) is 10.2. The summed E-state index contributed by atoms with van der Waals surface area (Å²) in [5.41, 5.74) is -0.744. The number of amides is 1. The third kappa shape index (κ3) is 3.11. The van der Waals surface area contributed by atoms with Gasteiger partial charge < -0.3 is 5.32 Å². The number of nitrogens with zero attached hydrogens (tertiary/aromatic N) is 1. The van der Waals surface area contributed by atoms with Gasteiger partial charge in [0.1, 0.15) is 0 Å². The van der Waals surface area contributed by atoms with Gasteiger partial charge >= 0.3 is 6.18 Å². The summed E-state index contributed by atoms with van der Waals surface area (Å²) >= 11 is 5.55. The number of hydrogen-bond donors (Lipinski definition) is 2. The van der Waals surface area contributed by atoms with Crippen LogP contribution in [0.15, 0.2) is 24.3 Å². The Hall–Kier alpha value is -2.02. The number of anilines is 1. The quantitative estimate of drug-likeness (QED) is 0.890. The average molecular weight is 304 g/mol. The molecule has 0 radical (unpaired) electrons. The highest BCUT2D eigenvalue weighted by atomic mass is 35.5. The van der Waals surface area contributed by atoms with Gasteiger partial charge in [0, 0.05) is 10.7 Å². The summed E-state index contributed by atoms with van der Waals surface area (Å²) in [6.07, 6.45) is -4.62. The fourth-order valence-electron chi connectivity index (χ4n) is 1.58. The molecule has 0 spiro atoms. The Morgan fingerprint density at radius 2 is 2.05 bits per heavy atom. The molecule has 1 aromatic heterocycles. The Kier molecular flexibility index (Phi) is 3.71. The second kappa shape index (κ2) is 5.16. The summed E-state index contributed by atoms with van der Waals surface area (Å²) in [6.45, 7) is 1.67. The molecule has 2 rings (SSSR count). The Labute approximate surface area is 116 Å². The van der Waals surface area contributed by atoms with E-state index >= 15 is 0 Å². The molecule has 1 heterocycles. The van der Waals surface area contributed by atoms with Crippen LogP contribution in [-0.4, -0.2) is 16.1 Å². The predicted molar refractivity (Wildman–Crippen MR) is 67.7 cm³/mol. The maximum atomic E-state index is 12.9. The van der Waals surface area contributed by atoms with E-state index in [1.54, 1.807) is 6.92 Å². The number of aromatic amines is 1. The van der Waals surface area contributed by atoms with Crippen LogP contribution in [0.2, 0.25) is 5.02 Å². The number of aryl methyl sites for hydroxylation is 1. The first-order valence-corrected chi connectivity index (χ1v) is 5.85. The van der Waals surface area contributed by atoms with E-state index in [0.717, 1.165) is 12.1 Å². The molecule has 1 aromatic carbocycles. The number of alkyl halides is 3. The topological polar surface area (TPSA) is 57.8 Å². The zero-order chi connectivity index (χ0) is 14.9. The molecule has 0 unspecified atom stereocenters. The maximum absolute atomic E-state index is 12.9. The smallest absolute Gasteiger partial charge is 0.320 e. The zero-order valence-corrected chi connectivity index (χ0v) is 10.9. The summed E-state index contributed by atoms with van der Waals surface area (Å²) in [7, 11) is 0. The summed E-state index contributed by atoms with van der Waals surface area (Å²) in [6, 6.07) is 4.55. The van der Waals surface area contributed by atoms with Crippen LogP contribution in [0.4, 0.5) is 18.9 Å². The molecule has 0 aliphatic carbocycles. The molecule has 1 amide bonds. The fourth-order valence-corrected chi connectivity index (χ4v) is 1.75. The van der Waals surface area contributed by atoms with Gasteiger partial charge in [0.2, 0.25) is 0 Å². The SMILES string of the molecule is Cc1cc(C(=O)Nc2ccc(Cl)cc2C(F)(F)F)n[nH]1. The third-order valence-corrected chi connectivity index (χ3v) is 2.71. The molecule has 0 saturated heterocycles. The normalized spacial score (nSPS) is 11.4. The van der Waals surface area contributed by atoms with E-state index in [1.807, 2.05) is 0 Å². The van der Waals surface area contributed by atoms with Crippen LogP contribution in [0.5, 0.6) is 0 Å². The minimum absolute atomic E-state index is 0.00516. The molecule has 0 bridgehead atoms. The van der Waals surface area contributed by atoms with Gasteiger partial charge in [-0.1, -0.05) is 11.6 Å². The number of hydrogen-bond acceptors (Lipinski definition) is 2. The second-order valence-electron chi connectivity index (χ2n) is 4.08. The number of carbonyl (C=O) groups is 1. The highest BCUT2D eigenvalue weighted by molar-refractivity contribution is 6.30. The number of rotatable bonds is 2. The van der Waals surface area contributed by atoms with Crippen molar-refractivity contribution in [1.82, 2.24) is 10.2 Å². The molecular formula is C12H9ClF3N3O. The van der Waals surface area contributed by atoms with E-state index in [1.165, 1.54) is 12.1 Å². The molecule has 0 saturated carbocycles. The summed E-state index contributed by atoms with van der Waals surface area (Å²) in [5.74, 6) is -0.734. The molecule has 0 aliphatic rings. The number of halogens is 4. The number of benzene rings is 1. The van der Waals surface area contributed by atoms with Crippen LogP contribution >= 0.6 is 11.6 Å². The van der Waals surface area contributed by atoms with Crippen molar-refractivity contribution >= 4 is 23.2 Å². The molecule has 0 atom stereocenters. The van der Waals surface area contributed by atoms with Crippen molar-refractivity contribution in [3.63, 3.8) is 0 Å². The highest BCUT2D eigenvalue weighted by Gasteiger charge is 2.34. The molecule has 0 aliphatic heterocycles. The van der Waals surface area contributed by atoms with Crippen LogP contribution in [0.3, 0.4) is 0 Å². The summed E-state index contributed by atoms with van der Waals surface area (Å²) in [4.78, 5) is 11.8. The van der Waals surface area contributed by atoms with Crippen molar-refractivity contribution in [1.29, 1.82) is 0 Å². The van der Waals surface area contributed by atoms with Crippen LogP contribution in [0, 0.1) is 6.92 Å². The number of aromatic nitrogens is 2. The van der Waals surface area contributed by atoms with Crippen molar-refractivity contribution < 1.29 is 18.0 Å². The molecule has 0 fully saturated rings. The van der Waals surface area contributed by atoms with Gasteiger partial charge in [0.05, 0.1) is 11.3 Å². The largest absolute Gasteiger partial charge is 0.418 e. The molecule has 2 aromatic rings. The first-order chi connectivity index (χ1) is 9.27. The van der Waals surface area contributed by atoms with Gasteiger partial charge in [-0.3, -0.25) is 9.89 Å². The number of carbonyl (C=O) groups excluding carboxylic acids is 1. The average Bonchev–Trinajstić information content (AvgIpc) is 2.77. The lowest BCUT2D eigenvalue weighted by atomic mass is 10.1. The van der Waals surface area contributed by atoms with Gasteiger partial charge in [0.15, 0.2) is 5.69 Å². The molecule has 2 N–H and O–H groups in total. The lowest BCUT2D eigenvalue weighted by Gasteiger charge is -2.13. The van der Waals surface area contributed by atoms with Gasteiger partial charge in [-0.2, -0.15) is 18.3 Å². The lowest BCUT2D eigenvalue weighted by molar-refractivity contribution is -0.136. The first-order valence-electron chi connectivity index (χ1n) is 5.47. The molecule has 106 valence electrons. The fraction of sp³-hybridized carbons (Fsp3) is 0.167. The molecule has 20 heavy (non-hydrogen) atoms. The van der Waals surface area contributed by atoms with E-state index in [-0.39, 0.29) is 16.4 Å². The van der Waals surface area contributed by atoms with Crippen molar-refractivity contribution in [2.45, 2.75) is 13.1 Å². The second-order valence-corrected chi connectivity index (χ2v) is 4.51. The third-order valence-electron chi connectivity index (χ3n) is 2.47. The van der Waals surface area contributed by atoms with E-state index in [2.05, 4.69) is 15.5 Å². The van der Waals surface area contributed by atoms with Gasteiger partial charge in [0.25, 0.3) is 5.91 Å². The van der Waals surface area contributed by atoms with Gasteiger partial charge in [-0.25, -0.2) is 0 Å². The van der Waals surface area contributed by atoms with Crippen LogP contribution < -0.4 is 5.32 Å². The Morgan fingerprint density at radius 1 is 1.35 bits per heavy atom. The Bertz CT molecular complexity index is 652. The van der Waals surface area contributed by atoms with Crippen LogP contribution in [0.1, 0.15) is 21.7 Å². The van der Waals surface area contributed by atoms with E-state index in [9.17, 15) is 18.0 Å². The van der Waals surface area contributed by atoms with Crippen molar-refractivity contribution in [3.05, 3.63) is 46.2 Å². The minimum Gasteiger partial charge on any atom is -0.320 e. The molecular weight excluding hydrogens is 295 g/mol.